The van der Waals surface area contributed by atoms with E-state index in [0.717, 1.165) is 24.7 Å². The Balaban J connectivity index is 1.35. The van der Waals surface area contributed by atoms with Gasteiger partial charge in [-0.15, -0.1) is 4.73 Å². The number of hydrogen-bond acceptors (Lipinski definition) is 6. The van der Waals surface area contributed by atoms with Crippen LogP contribution in [0.25, 0.3) is 0 Å². The fourth-order valence-corrected chi connectivity index (χ4v) is 4.05. The Bertz CT molecular complexity index is 854. The van der Waals surface area contributed by atoms with Gasteiger partial charge in [0.1, 0.15) is 0 Å². The summed E-state index contributed by atoms with van der Waals surface area (Å²) in [6.07, 6.45) is 1.81. The van der Waals surface area contributed by atoms with Gasteiger partial charge in [-0.2, -0.15) is 0 Å². The highest BCUT2D eigenvalue weighted by Crippen LogP contribution is 2.29. The predicted molar refractivity (Wildman–Crippen MR) is 109 cm³/mol. The molecule has 3 heterocycles. The molecule has 1 aromatic carbocycles. The van der Waals surface area contributed by atoms with Gasteiger partial charge in [0, 0.05) is 68.7 Å². The molecule has 0 atom stereocenters. The Morgan fingerprint density at radius 2 is 1.62 bits per heavy atom. The van der Waals surface area contributed by atoms with E-state index in [1.165, 1.54) is 36.2 Å². The van der Waals surface area contributed by atoms with Crippen molar-refractivity contribution in [1.82, 2.24) is 14.5 Å². The maximum Gasteiger partial charge on any atom is 0.434 e. The molecule has 1 aromatic heterocycles. The smallest absolute Gasteiger partial charge is 0.434 e. The van der Waals surface area contributed by atoms with Crippen LogP contribution >= 0.6 is 11.6 Å². The van der Waals surface area contributed by atoms with Crippen molar-refractivity contribution in [2.24, 2.45) is 0 Å². The van der Waals surface area contributed by atoms with Crippen LogP contribution in [0, 0.1) is 0 Å². The number of carbonyl (C=O) groups is 1. The molecule has 2 saturated heterocycles. The van der Waals surface area contributed by atoms with Crippen molar-refractivity contribution < 1.29 is 19.8 Å². The topological polar surface area (TPSA) is 81.4 Å². The first-order valence-electron chi connectivity index (χ1n) is 9.84. The lowest BCUT2D eigenvalue weighted by Gasteiger charge is -2.34. The third-order valence-corrected chi connectivity index (χ3v) is 5.72. The summed E-state index contributed by atoms with van der Waals surface area (Å²) in [6.45, 7) is 5.35. The molecule has 9 heteroatoms. The van der Waals surface area contributed by atoms with Crippen LogP contribution in [0.5, 0.6) is 11.8 Å². The Morgan fingerprint density at radius 1 is 0.966 bits per heavy atom. The van der Waals surface area contributed by atoms with Gasteiger partial charge in [0.15, 0.2) is 0 Å². The molecule has 156 valence electrons. The van der Waals surface area contributed by atoms with Crippen molar-refractivity contribution >= 4 is 23.4 Å². The normalized spacial score (nSPS) is 17.7. The van der Waals surface area contributed by atoms with Gasteiger partial charge in [-0.1, -0.05) is 17.7 Å². The molecule has 0 radical (unpaired) electrons. The van der Waals surface area contributed by atoms with Crippen LogP contribution in [-0.4, -0.2) is 70.1 Å². The van der Waals surface area contributed by atoms with Crippen LogP contribution in [0.4, 0.5) is 10.5 Å². The van der Waals surface area contributed by atoms with Crippen LogP contribution < -0.4 is 9.74 Å². The Labute approximate surface area is 174 Å². The average Bonchev–Trinajstić information content (AvgIpc) is 3.36. The molecule has 0 spiro atoms. The third kappa shape index (κ3) is 4.38. The Kier molecular flexibility index (Phi) is 5.73. The first-order valence-corrected chi connectivity index (χ1v) is 10.2. The number of amides is 1. The van der Waals surface area contributed by atoms with Crippen LogP contribution in [0.3, 0.4) is 0 Å². The highest BCUT2D eigenvalue weighted by Gasteiger charge is 2.25. The van der Waals surface area contributed by atoms with Crippen molar-refractivity contribution in [2.75, 3.05) is 44.2 Å². The van der Waals surface area contributed by atoms with Gasteiger partial charge in [0.2, 0.25) is 11.8 Å². The van der Waals surface area contributed by atoms with E-state index < -0.39 is 6.09 Å². The SMILES string of the molecule is O=C(On1c(O)ccc1O)N1CCN(Cc2ccc(Cl)cc2N2CCCC2)CC1. The minimum absolute atomic E-state index is 0.327. The zero-order chi connectivity index (χ0) is 20.4. The molecule has 4 rings (SSSR count). The summed E-state index contributed by atoms with van der Waals surface area (Å²) in [5, 5.41) is 20.0. The number of halogens is 1. The van der Waals surface area contributed by atoms with Gasteiger partial charge >= 0.3 is 6.09 Å². The van der Waals surface area contributed by atoms with Crippen LogP contribution in [0.15, 0.2) is 30.3 Å². The van der Waals surface area contributed by atoms with Crippen molar-refractivity contribution in [3.8, 4) is 11.8 Å². The first kappa shape index (κ1) is 19.7. The summed E-state index contributed by atoms with van der Waals surface area (Å²) in [6, 6.07) is 8.58. The minimum Gasteiger partial charge on any atom is -0.492 e. The second-order valence-corrected chi connectivity index (χ2v) is 7.87. The third-order valence-electron chi connectivity index (χ3n) is 5.49. The summed E-state index contributed by atoms with van der Waals surface area (Å²) in [5.41, 5.74) is 2.45. The summed E-state index contributed by atoms with van der Waals surface area (Å²) < 4.78 is 0.713. The second-order valence-electron chi connectivity index (χ2n) is 7.43. The molecule has 0 saturated carbocycles. The molecule has 0 aliphatic carbocycles. The Morgan fingerprint density at radius 3 is 2.28 bits per heavy atom. The summed E-state index contributed by atoms with van der Waals surface area (Å²) in [4.78, 5) is 23.7. The highest BCUT2D eigenvalue weighted by molar-refractivity contribution is 6.30. The van der Waals surface area contributed by atoms with E-state index in [9.17, 15) is 15.0 Å². The summed E-state index contributed by atoms with van der Waals surface area (Å²) >= 11 is 6.24. The zero-order valence-electron chi connectivity index (χ0n) is 16.1. The molecule has 2 aromatic rings. The van der Waals surface area contributed by atoms with Gasteiger partial charge in [0.25, 0.3) is 0 Å². The van der Waals surface area contributed by atoms with E-state index >= 15 is 0 Å². The number of aromatic hydroxyl groups is 2. The monoisotopic (exact) mass is 420 g/mol. The van der Waals surface area contributed by atoms with Gasteiger partial charge in [-0.3, -0.25) is 4.90 Å². The maximum absolute atomic E-state index is 12.3. The number of aromatic nitrogens is 1. The van der Waals surface area contributed by atoms with E-state index in [2.05, 4.69) is 15.9 Å². The molecule has 2 fully saturated rings. The predicted octanol–water partition coefficient (Wildman–Crippen LogP) is 2.52. The fraction of sp³-hybridized carbons (Fsp3) is 0.450. The molecule has 29 heavy (non-hydrogen) atoms. The molecule has 2 aliphatic heterocycles. The van der Waals surface area contributed by atoms with E-state index in [-0.39, 0.29) is 11.8 Å². The molecule has 2 aliphatic rings. The number of carbonyl (C=O) groups excluding carboxylic acids is 1. The average molecular weight is 421 g/mol. The standard InChI is InChI=1S/C20H25ClN4O4/c21-16-4-3-15(17(13-16)23-7-1-2-8-23)14-22-9-11-24(12-10-22)20(28)29-25-18(26)5-6-19(25)27/h3-6,13,26-27H,1-2,7-12,14H2. The van der Waals surface area contributed by atoms with E-state index in [1.807, 2.05) is 12.1 Å². The molecule has 1 amide bonds. The van der Waals surface area contributed by atoms with Crippen molar-refractivity contribution in [2.45, 2.75) is 19.4 Å². The molecule has 2 N–H and O–H groups in total. The van der Waals surface area contributed by atoms with Crippen LogP contribution in [0.2, 0.25) is 5.02 Å². The van der Waals surface area contributed by atoms with E-state index in [1.54, 1.807) is 4.90 Å². The molecule has 0 unspecified atom stereocenters. The largest absolute Gasteiger partial charge is 0.492 e. The fourth-order valence-electron chi connectivity index (χ4n) is 3.88. The molecular formula is C20H25ClN4O4. The van der Waals surface area contributed by atoms with Gasteiger partial charge in [-0.25, -0.2) is 4.79 Å². The quantitative estimate of drug-likeness (QED) is 0.791. The minimum atomic E-state index is -0.601. The molecule has 0 bridgehead atoms. The second kappa shape index (κ2) is 8.42. The molecule has 8 nitrogen and oxygen atoms in total. The number of nitrogens with zero attached hydrogens (tertiary/aromatic N) is 4. The van der Waals surface area contributed by atoms with Gasteiger partial charge < -0.3 is 24.9 Å². The van der Waals surface area contributed by atoms with Gasteiger partial charge in [-0.05, 0) is 30.5 Å². The number of rotatable bonds is 4. The van der Waals surface area contributed by atoms with E-state index in [4.69, 9.17) is 16.4 Å². The zero-order valence-corrected chi connectivity index (χ0v) is 16.9. The lowest BCUT2D eigenvalue weighted by atomic mass is 10.1. The number of hydrogen-bond donors (Lipinski definition) is 2. The lowest BCUT2D eigenvalue weighted by molar-refractivity contribution is 0.0556. The van der Waals surface area contributed by atoms with Crippen molar-refractivity contribution in [3.05, 3.63) is 40.9 Å². The summed E-state index contributed by atoms with van der Waals surface area (Å²) in [7, 11) is 0. The van der Waals surface area contributed by atoms with Gasteiger partial charge in [0.05, 0.1) is 0 Å². The summed E-state index contributed by atoms with van der Waals surface area (Å²) in [5.74, 6) is -0.654. The van der Waals surface area contributed by atoms with Crippen molar-refractivity contribution in [3.63, 3.8) is 0 Å². The lowest BCUT2D eigenvalue weighted by Crippen LogP contribution is -2.50. The Hall–Kier alpha value is -2.58. The maximum atomic E-state index is 12.3. The highest BCUT2D eigenvalue weighted by atomic mass is 35.5. The van der Waals surface area contributed by atoms with Crippen LogP contribution in [0.1, 0.15) is 18.4 Å². The number of piperazine rings is 1. The molecular weight excluding hydrogens is 396 g/mol. The number of anilines is 1. The first-order chi connectivity index (χ1) is 14.0. The van der Waals surface area contributed by atoms with Crippen molar-refractivity contribution in [1.29, 1.82) is 0 Å². The van der Waals surface area contributed by atoms with Crippen LogP contribution in [-0.2, 0) is 6.54 Å². The van der Waals surface area contributed by atoms with E-state index in [0.29, 0.717) is 30.9 Å². The number of benzene rings is 1.